The minimum atomic E-state index is -0.808. The number of hydrogen-bond acceptors (Lipinski definition) is 5. The summed E-state index contributed by atoms with van der Waals surface area (Å²) in [4.78, 5) is 58.3. The molecule has 50 heavy (non-hydrogen) atoms. The maximum atomic E-state index is 14.5. The van der Waals surface area contributed by atoms with Crippen LogP contribution < -0.4 is 16.0 Å². The van der Waals surface area contributed by atoms with Crippen molar-refractivity contribution in [3.05, 3.63) is 119 Å². The van der Waals surface area contributed by atoms with Crippen LogP contribution in [0.25, 0.3) is 0 Å². The fraction of sp³-hybridized carbons (Fsp3) is 0.385. The van der Waals surface area contributed by atoms with Crippen LogP contribution in [0.4, 0.5) is 4.79 Å². The molecule has 0 aromatic heterocycles. The fourth-order valence-corrected chi connectivity index (χ4v) is 6.22. The average Bonchev–Trinajstić information content (AvgIpc) is 3.60. The molecule has 5 amide bonds. The summed E-state index contributed by atoms with van der Waals surface area (Å²) in [7, 11) is 1.81. The van der Waals surface area contributed by atoms with Crippen molar-refractivity contribution < 1.29 is 19.2 Å². The Hall–Kier alpha value is -4.23. The van der Waals surface area contributed by atoms with Gasteiger partial charge in [-0.2, -0.15) is 0 Å². The summed E-state index contributed by atoms with van der Waals surface area (Å²) < 4.78 is 1.77. The number of amides is 5. The van der Waals surface area contributed by atoms with Crippen LogP contribution in [0, 0.1) is 0 Å². The number of likely N-dealkylation sites (N-methyl/N-ethyl adjacent to an activating group) is 1. The minimum Gasteiger partial charge on any atom is -0.339 e. The Morgan fingerprint density at radius 1 is 0.920 bits per heavy atom. The number of nitrogens with one attached hydrogen (secondary N) is 3. The lowest BCUT2D eigenvalue weighted by Crippen LogP contribution is -2.55. The van der Waals surface area contributed by atoms with Crippen molar-refractivity contribution >= 4 is 46.6 Å². The SMILES string of the molecule is CCNC(=O)N[C@H](Cc1ccccc1)C(=O)N(CCc1ccccc1)C[C@@H]1CCCN1C(=O)/C(=C\Cc1ccccc1)NC(=O)[C@H](C)N(C)I. The van der Waals surface area contributed by atoms with Crippen LogP contribution in [0.3, 0.4) is 0 Å². The van der Waals surface area contributed by atoms with Gasteiger partial charge in [-0.3, -0.25) is 14.4 Å². The topological polar surface area (TPSA) is 114 Å². The summed E-state index contributed by atoms with van der Waals surface area (Å²) in [6.07, 6.45) is 4.69. The Balaban J connectivity index is 1.61. The molecule has 1 saturated heterocycles. The molecule has 266 valence electrons. The van der Waals surface area contributed by atoms with Gasteiger partial charge < -0.3 is 25.8 Å². The summed E-state index contributed by atoms with van der Waals surface area (Å²) in [5.74, 6) is -0.746. The third kappa shape index (κ3) is 11.7. The maximum absolute atomic E-state index is 14.5. The molecule has 11 heteroatoms. The molecular formula is C39H49IN6O4. The lowest BCUT2D eigenvalue weighted by Gasteiger charge is -2.34. The molecular weight excluding hydrogens is 743 g/mol. The van der Waals surface area contributed by atoms with Gasteiger partial charge in [0, 0.05) is 61.5 Å². The second-order valence-corrected chi connectivity index (χ2v) is 14.1. The molecule has 3 N–H and O–H groups in total. The van der Waals surface area contributed by atoms with E-state index in [-0.39, 0.29) is 29.5 Å². The van der Waals surface area contributed by atoms with E-state index in [2.05, 4.69) is 38.8 Å². The number of carbonyl (C=O) groups is 4. The molecule has 1 fully saturated rings. The van der Waals surface area contributed by atoms with Crippen LogP contribution in [-0.4, -0.2) is 88.0 Å². The van der Waals surface area contributed by atoms with E-state index in [9.17, 15) is 19.2 Å². The molecule has 1 aliphatic heterocycles. The smallest absolute Gasteiger partial charge is 0.315 e. The normalized spacial score (nSPS) is 15.7. The van der Waals surface area contributed by atoms with Crippen LogP contribution in [-0.2, 0) is 33.6 Å². The molecule has 1 aliphatic rings. The molecule has 0 spiro atoms. The zero-order chi connectivity index (χ0) is 35.9. The zero-order valence-electron chi connectivity index (χ0n) is 29.2. The first-order valence-corrected chi connectivity index (χ1v) is 18.3. The Morgan fingerprint density at radius 2 is 1.52 bits per heavy atom. The second-order valence-electron chi connectivity index (χ2n) is 12.6. The van der Waals surface area contributed by atoms with Crippen LogP contribution in [0.1, 0.15) is 43.4 Å². The number of hydrogen-bond donors (Lipinski definition) is 3. The Labute approximate surface area is 310 Å². The fourth-order valence-electron chi connectivity index (χ4n) is 5.97. The number of benzene rings is 3. The second kappa shape index (κ2) is 19.8. The van der Waals surface area contributed by atoms with Gasteiger partial charge >= 0.3 is 6.03 Å². The van der Waals surface area contributed by atoms with Crippen molar-refractivity contribution in [1.82, 2.24) is 28.9 Å². The molecule has 0 radical (unpaired) electrons. The highest BCUT2D eigenvalue weighted by Crippen LogP contribution is 2.22. The Kier molecular flexibility index (Phi) is 15.3. The van der Waals surface area contributed by atoms with Gasteiger partial charge in [-0.25, -0.2) is 7.91 Å². The van der Waals surface area contributed by atoms with Crippen LogP contribution in [0.5, 0.6) is 0 Å². The number of carbonyl (C=O) groups excluding carboxylic acids is 4. The van der Waals surface area contributed by atoms with E-state index in [4.69, 9.17) is 0 Å². The first-order valence-electron chi connectivity index (χ1n) is 17.3. The van der Waals surface area contributed by atoms with Crippen molar-refractivity contribution in [3.8, 4) is 0 Å². The predicted molar refractivity (Wildman–Crippen MR) is 205 cm³/mol. The molecule has 3 atom stereocenters. The number of rotatable bonds is 16. The quantitative estimate of drug-likeness (QED) is 0.109. The summed E-state index contributed by atoms with van der Waals surface area (Å²) in [6.45, 7) is 5.27. The first kappa shape index (κ1) is 38.6. The Bertz CT molecular complexity index is 1570. The molecule has 10 nitrogen and oxygen atoms in total. The van der Waals surface area contributed by atoms with Crippen molar-refractivity contribution in [3.63, 3.8) is 0 Å². The van der Waals surface area contributed by atoms with Gasteiger partial charge in [-0.1, -0.05) is 97.1 Å². The lowest BCUT2D eigenvalue weighted by atomic mass is 10.0. The molecule has 0 aliphatic carbocycles. The van der Waals surface area contributed by atoms with Crippen LogP contribution in [0.15, 0.2) is 103 Å². The van der Waals surface area contributed by atoms with Crippen molar-refractivity contribution in [2.24, 2.45) is 0 Å². The number of allylic oxidation sites excluding steroid dienone is 1. The van der Waals surface area contributed by atoms with E-state index in [0.29, 0.717) is 51.9 Å². The first-order chi connectivity index (χ1) is 24.2. The van der Waals surface area contributed by atoms with Crippen LogP contribution >= 0.6 is 22.9 Å². The van der Waals surface area contributed by atoms with Gasteiger partial charge in [0.1, 0.15) is 11.7 Å². The van der Waals surface area contributed by atoms with E-state index >= 15 is 0 Å². The molecule has 0 saturated carbocycles. The van der Waals surface area contributed by atoms with E-state index in [1.165, 1.54) is 0 Å². The lowest BCUT2D eigenvalue weighted by molar-refractivity contribution is -0.136. The van der Waals surface area contributed by atoms with Gasteiger partial charge in [0.2, 0.25) is 11.8 Å². The molecule has 3 aromatic rings. The minimum absolute atomic E-state index is 0.206. The summed E-state index contributed by atoms with van der Waals surface area (Å²) in [6, 6.07) is 27.5. The van der Waals surface area contributed by atoms with Gasteiger partial charge in [0.05, 0.1) is 6.04 Å². The van der Waals surface area contributed by atoms with Crippen molar-refractivity contribution in [2.75, 3.05) is 33.2 Å². The van der Waals surface area contributed by atoms with Gasteiger partial charge in [0.25, 0.3) is 5.91 Å². The highest BCUT2D eigenvalue weighted by atomic mass is 127. The largest absolute Gasteiger partial charge is 0.339 e. The molecule has 3 aromatic carbocycles. The van der Waals surface area contributed by atoms with Crippen LogP contribution in [0.2, 0.25) is 0 Å². The third-order valence-electron chi connectivity index (χ3n) is 8.90. The third-order valence-corrected chi connectivity index (χ3v) is 9.74. The van der Waals surface area contributed by atoms with Gasteiger partial charge in [-0.05, 0) is 63.3 Å². The Morgan fingerprint density at radius 3 is 2.12 bits per heavy atom. The highest BCUT2D eigenvalue weighted by Gasteiger charge is 2.35. The predicted octanol–water partition coefficient (Wildman–Crippen LogP) is 4.89. The summed E-state index contributed by atoms with van der Waals surface area (Å²) >= 11 is 2.06. The van der Waals surface area contributed by atoms with E-state index < -0.39 is 18.1 Å². The molecule has 0 unspecified atom stereocenters. The van der Waals surface area contributed by atoms with E-state index in [1.807, 2.05) is 105 Å². The standard InChI is InChI=1S/C39H49IN6O4/c1-4-41-39(50)43-35(27-32-19-12-7-13-20-32)37(48)45(26-24-31-17-10-6-11-18-31)28-33-21-14-25-46(33)38(49)34(42-36(47)29(2)44(3)40)23-22-30-15-8-5-9-16-30/h5-13,15-20,23,29,33,35H,4,14,21-22,24-28H2,1-3H3,(H,42,47)(H2,41,43,50)/b34-23+/t29-,33-,35+/m0/s1. The molecule has 0 bridgehead atoms. The number of urea groups is 1. The number of halogens is 1. The van der Waals surface area contributed by atoms with E-state index in [0.717, 1.165) is 23.1 Å². The zero-order valence-corrected chi connectivity index (χ0v) is 31.3. The summed E-state index contributed by atoms with van der Waals surface area (Å²) in [5.41, 5.74) is 3.27. The van der Waals surface area contributed by atoms with E-state index in [1.54, 1.807) is 25.9 Å². The number of likely N-dealkylation sites (tertiary alicyclic amines) is 1. The van der Waals surface area contributed by atoms with Gasteiger partial charge in [0.15, 0.2) is 0 Å². The maximum Gasteiger partial charge on any atom is 0.315 e. The summed E-state index contributed by atoms with van der Waals surface area (Å²) in [5, 5.41) is 8.59. The molecule has 4 rings (SSSR count). The highest BCUT2D eigenvalue weighted by molar-refractivity contribution is 14.1. The van der Waals surface area contributed by atoms with Gasteiger partial charge in [-0.15, -0.1) is 0 Å². The number of nitrogens with zero attached hydrogens (tertiary/aromatic N) is 3. The average molecular weight is 793 g/mol. The van der Waals surface area contributed by atoms with Crippen molar-refractivity contribution in [2.45, 2.75) is 64.1 Å². The molecule has 1 heterocycles. The van der Waals surface area contributed by atoms with Crippen molar-refractivity contribution in [1.29, 1.82) is 0 Å². The monoisotopic (exact) mass is 792 g/mol.